The summed E-state index contributed by atoms with van der Waals surface area (Å²) in [6, 6.07) is 4.97. The summed E-state index contributed by atoms with van der Waals surface area (Å²) in [6.07, 6.45) is 3.18. The number of hydrogen-bond donors (Lipinski definition) is 0. The third kappa shape index (κ3) is 4.11. The van der Waals surface area contributed by atoms with Crippen molar-refractivity contribution in [3.63, 3.8) is 0 Å². The topological polar surface area (TPSA) is 29.5 Å². The van der Waals surface area contributed by atoms with Crippen LogP contribution in [0.3, 0.4) is 0 Å². The number of nitrogens with zero attached hydrogens (tertiary/aromatic N) is 1. The summed E-state index contributed by atoms with van der Waals surface area (Å²) in [7, 11) is 1.81. The molecule has 1 amide bonds. The molecule has 0 spiro atoms. The SMILES string of the molecule is CN(CCC1CCOCC1)C(=O)c1ccc(Cl)cc1Cl. The van der Waals surface area contributed by atoms with Gasteiger partial charge in [-0.3, -0.25) is 4.79 Å². The molecule has 0 radical (unpaired) electrons. The standard InChI is InChI=1S/C15H19Cl2NO2/c1-18(7-4-11-5-8-20-9-6-11)15(19)13-3-2-12(16)10-14(13)17/h2-3,10-11H,4-9H2,1H3. The number of rotatable bonds is 4. The van der Waals surface area contributed by atoms with Gasteiger partial charge in [-0.15, -0.1) is 0 Å². The molecule has 0 saturated carbocycles. The molecule has 0 atom stereocenters. The number of benzene rings is 1. The van der Waals surface area contributed by atoms with Crippen molar-refractivity contribution in [2.45, 2.75) is 19.3 Å². The van der Waals surface area contributed by atoms with Gasteiger partial charge >= 0.3 is 0 Å². The highest BCUT2D eigenvalue weighted by Gasteiger charge is 2.18. The number of carbonyl (C=O) groups excluding carboxylic acids is 1. The molecule has 0 bridgehead atoms. The number of hydrogen-bond acceptors (Lipinski definition) is 2. The van der Waals surface area contributed by atoms with Gasteiger partial charge in [0.2, 0.25) is 0 Å². The predicted molar refractivity (Wildman–Crippen MR) is 81.6 cm³/mol. The Morgan fingerprint density at radius 3 is 2.70 bits per heavy atom. The summed E-state index contributed by atoms with van der Waals surface area (Å²) in [5.41, 5.74) is 0.505. The fraction of sp³-hybridized carbons (Fsp3) is 0.533. The van der Waals surface area contributed by atoms with Crippen molar-refractivity contribution in [2.24, 2.45) is 5.92 Å². The van der Waals surface area contributed by atoms with Crippen LogP contribution in [0.15, 0.2) is 18.2 Å². The Bertz CT molecular complexity index is 473. The highest BCUT2D eigenvalue weighted by Crippen LogP contribution is 2.23. The van der Waals surface area contributed by atoms with E-state index in [1.807, 2.05) is 7.05 Å². The van der Waals surface area contributed by atoms with Crippen molar-refractivity contribution in [1.29, 1.82) is 0 Å². The molecule has 1 fully saturated rings. The van der Waals surface area contributed by atoms with Crippen molar-refractivity contribution in [3.05, 3.63) is 33.8 Å². The van der Waals surface area contributed by atoms with Crippen molar-refractivity contribution >= 4 is 29.1 Å². The van der Waals surface area contributed by atoms with Crippen LogP contribution >= 0.6 is 23.2 Å². The molecule has 3 nitrogen and oxygen atoms in total. The Labute approximate surface area is 129 Å². The van der Waals surface area contributed by atoms with Gasteiger partial charge in [-0.25, -0.2) is 0 Å². The summed E-state index contributed by atoms with van der Waals surface area (Å²) < 4.78 is 5.34. The Hall–Kier alpha value is -0.770. The van der Waals surface area contributed by atoms with Crippen LogP contribution in [0.25, 0.3) is 0 Å². The highest BCUT2D eigenvalue weighted by atomic mass is 35.5. The normalized spacial score (nSPS) is 16.1. The molecular weight excluding hydrogens is 297 g/mol. The van der Waals surface area contributed by atoms with E-state index in [0.717, 1.165) is 39.0 Å². The fourth-order valence-electron chi connectivity index (χ4n) is 2.38. The predicted octanol–water partition coefficient (Wildman–Crippen LogP) is 3.88. The zero-order valence-corrected chi connectivity index (χ0v) is 13.1. The first-order valence-corrected chi connectivity index (χ1v) is 7.62. The van der Waals surface area contributed by atoms with E-state index in [1.54, 1.807) is 23.1 Å². The fourth-order valence-corrected chi connectivity index (χ4v) is 2.87. The zero-order valence-electron chi connectivity index (χ0n) is 11.6. The largest absolute Gasteiger partial charge is 0.381 e. The van der Waals surface area contributed by atoms with E-state index < -0.39 is 0 Å². The summed E-state index contributed by atoms with van der Waals surface area (Å²) in [4.78, 5) is 14.0. The first-order valence-electron chi connectivity index (χ1n) is 6.86. The van der Waals surface area contributed by atoms with Crippen LogP contribution in [0.4, 0.5) is 0 Å². The number of carbonyl (C=O) groups is 1. The van der Waals surface area contributed by atoms with E-state index >= 15 is 0 Å². The number of amides is 1. The molecule has 1 aromatic rings. The lowest BCUT2D eigenvalue weighted by molar-refractivity contribution is 0.0583. The van der Waals surface area contributed by atoms with Crippen LogP contribution in [-0.2, 0) is 4.74 Å². The summed E-state index contributed by atoms with van der Waals surface area (Å²) in [6.45, 7) is 2.42. The lowest BCUT2D eigenvalue weighted by Gasteiger charge is -2.25. The molecule has 20 heavy (non-hydrogen) atoms. The molecule has 110 valence electrons. The second-order valence-electron chi connectivity index (χ2n) is 5.20. The van der Waals surface area contributed by atoms with Crippen LogP contribution in [0.2, 0.25) is 10.0 Å². The molecule has 1 aliphatic rings. The van der Waals surface area contributed by atoms with Gasteiger partial charge in [-0.2, -0.15) is 0 Å². The van der Waals surface area contributed by atoms with E-state index in [-0.39, 0.29) is 5.91 Å². The monoisotopic (exact) mass is 315 g/mol. The molecule has 0 aliphatic carbocycles. The summed E-state index contributed by atoms with van der Waals surface area (Å²) >= 11 is 11.9. The third-order valence-electron chi connectivity index (χ3n) is 3.72. The van der Waals surface area contributed by atoms with E-state index in [1.165, 1.54) is 0 Å². The Morgan fingerprint density at radius 2 is 2.05 bits per heavy atom. The van der Waals surface area contributed by atoms with Gasteiger partial charge < -0.3 is 9.64 Å². The molecule has 0 unspecified atom stereocenters. The maximum Gasteiger partial charge on any atom is 0.255 e. The maximum atomic E-state index is 12.3. The third-order valence-corrected chi connectivity index (χ3v) is 4.27. The van der Waals surface area contributed by atoms with E-state index in [2.05, 4.69) is 0 Å². The lowest BCUT2D eigenvalue weighted by atomic mass is 9.96. The van der Waals surface area contributed by atoms with Gasteiger partial charge in [-0.1, -0.05) is 23.2 Å². The smallest absolute Gasteiger partial charge is 0.255 e. The lowest BCUT2D eigenvalue weighted by Crippen LogP contribution is -2.30. The van der Waals surface area contributed by atoms with E-state index in [4.69, 9.17) is 27.9 Å². The van der Waals surface area contributed by atoms with Crippen molar-refractivity contribution < 1.29 is 9.53 Å². The van der Waals surface area contributed by atoms with E-state index in [9.17, 15) is 4.79 Å². The molecule has 0 N–H and O–H groups in total. The van der Waals surface area contributed by atoms with Crippen molar-refractivity contribution in [2.75, 3.05) is 26.8 Å². The van der Waals surface area contributed by atoms with Gasteiger partial charge in [0, 0.05) is 31.8 Å². The molecule has 1 heterocycles. The minimum absolute atomic E-state index is 0.0567. The summed E-state index contributed by atoms with van der Waals surface area (Å²) in [5.74, 6) is 0.596. The van der Waals surface area contributed by atoms with Gasteiger partial charge in [-0.05, 0) is 43.4 Å². The molecule has 1 aliphatic heterocycles. The molecule has 1 aromatic carbocycles. The van der Waals surface area contributed by atoms with Gasteiger partial charge in [0.1, 0.15) is 0 Å². The van der Waals surface area contributed by atoms with E-state index in [0.29, 0.717) is 21.5 Å². The average molecular weight is 316 g/mol. The molecular formula is C15H19Cl2NO2. The minimum atomic E-state index is -0.0567. The van der Waals surface area contributed by atoms with Crippen LogP contribution in [0, 0.1) is 5.92 Å². The van der Waals surface area contributed by atoms with Crippen LogP contribution in [-0.4, -0.2) is 37.6 Å². The van der Waals surface area contributed by atoms with Crippen molar-refractivity contribution in [1.82, 2.24) is 4.90 Å². The molecule has 0 aromatic heterocycles. The van der Waals surface area contributed by atoms with Crippen LogP contribution < -0.4 is 0 Å². The van der Waals surface area contributed by atoms with Gasteiger partial charge in [0.15, 0.2) is 0 Å². The Balaban J connectivity index is 1.90. The summed E-state index contributed by atoms with van der Waals surface area (Å²) in [5, 5.41) is 0.942. The first-order chi connectivity index (χ1) is 9.58. The first kappa shape index (κ1) is 15.6. The maximum absolute atomic E-state index is 12.3. The highest BCUT2D eigenvalue weighted by molar-refractivity contribution is 6.36. The Morgan fingerprint density at radius 1 is 1.35 bits per heavy atom. The number of halogens is 2. The van der Waals surface area contributed by atoms with Crippen molar-refractivity contribution in [3.8, 4) is 0 Å². The minimum Gasteiger partial charge on any atom is -0.381 e. The average Bonchev–Trinajstić information content (AvgIpc) is 2.45. The molecule has 5 heteroatoms. The second kappa shape index (κ2) is 7.30. The van der Waals surface area contributed by atoms with Gasteiger partial charge in [0.05, 0.1) is 10.6 Å². The second-order valence-corrected chi connectivity index (χ2v) is 6.04. The Kier molecular flexibility index (Phi) is 5.70. The zero-order chi connectivity index (χ0) is 14.5. The molecule has 1 saturated heterocycles. The number of ether oxygens (including phenoxy) is 1. The quantitative estimate of drug-likeness (QED) is 0.843. The molecule has 2 rings (SSSR count). The van der Waals surface area contributed by atoms with Crippen LogP contribution in [0.1, 0.15) is 29.6 Å². The van der Waals surface area contributed by atoms with Gasteiger partial charge in [0.25, 0.3) is 5.91 Å². The van der Waals surface area contributed by atoms with Crippen LogP contribution in [0.5, 0.6) is 0 Å².